The highest BCUT2D eigenvalue weighted by Crippen LogP contribution is 2.40. The first-order valence-electron chi connectivity index (χ1n) is 11.6. The van der Waals surface area contributed by atoms with Crippen molar-refractivity contribution >= 4 is 6.08 Å². The average Bonchev–Trinajstić information content (AvgIpc) is 2.94. The Morgan fingerprint density at radius 2 is 1.55 bits per heavy atom. The monoisotopic (exact) mass is 389 g/mol. The predicted molar refractivity (Wildman–Crippen MR) is 127 cm³/mol. The Balaban J connectivity index is 1.92. The van der Waals surface area contributed by atoms with Gasteiger partial charge in [0.15, 0.2) is 0 Å². The third kappa shape index (κ3) is 4.83. The van der Waals surface area contributed by atoms with Crippen molar-refractivity contribution in [3.8, 4) is 0 Å². The molecule has 2 N–H and O–H groups in total. The third-order valence-corrected chi connectivity index (χ3v) is 7.23. The lowest BCUT2D eigenvalue weighted by Crippen LogP contribution is -2.36. The molecule has 3 rings (SSSR count). The summed E-state index contributed by atoms with van der Waals surface area (Å²) in [5.74, 6) is 0. The normalized spacial score (nSPS) is 17.4. The van der Waals surface area contributed by atoms with Gasteiger partial charge in [0.05, 0.1) is 0 Å². The first kappa shape index (κ1) is 21.8. The van der Waals surface area contributed by atoms with E-state index < -0.39 is 0 Å². The molecule has 0 heterocycles. The fraction of sp³-hybridized carbons (Fsp3) is 0.500. The lowest BCUT2D eigenvalue weighted by molar-refractivity contribution is 0.462. The van der Waals surface area contributed by atoms with Gasteiger partial charge in [-0.3, -0.25) is 0 Å². The summed E-state index contributed by atoms with van der Waals surface area (Å²) in [5.41, 5.74) is 13.5. The first-order chi connectivity index (χ1) is 13.9. The highest BCUT2D eigenvalue weighted by molar-refractivity contribution is 5.57. The van der Waals surface area contributed by atoms with Gasteiger partial charge in [0, 0.05) is 11.0 Å². The lowest BCUT2D eigenvalue weighted by Gasteiger charge is -2.34. The molecular formula is C28H39N. The van der Waals surface area contributed by atoms with Gasteiger partial charge in [-0.1, -0.05) is 99.7 Å². The van der Waals surface area contributed by atoms with Crippen molar-refractivity contribution in [2.75, 3.05) is 0 Å². The Kier molecular flexibility index (Phi) is 7.01. The molecule has 0 radical (unpaired) electrons. The van der Waals surface area contributed by atoms with Crippen LogP contribution in [0, 0.1) is 13.8 Å². The summed E-state index contributed by atoms with van der Waals surface area (Å²) in [5, 5.41) is 0. The minimum absolute atomic E-state index is 0.0788. The molecule has 0 amide bonds. The molecule has 2 aromatic carbocycles. The van der Waals surface area contributed by atoms with Crippen molar-refractivity contribution in [2.24, 2.45) is 5.73 Å². The molecule has 1 nitrogen and oxygen atoms in total. The zero-order valence-electron chi connectivity index (χ0n) is 18.9. The third-order valence-electron chi connectivity index (χ3n) is 7.23. The standard InChI is InChI=1S/C28H39N/c1-5-28(6-2,25-13-11-12-22(3)20-25)26-15-14-24(23(4)21-26)16-19-27(29)17-9-7-8-10-18-27/h11-16,19-21H,5-10,17-18,29H2,1-4H3/b19-16+. The summed E-state index contributed by atoms with van der Waals surface area (Å²) < 4.78 is 0. The van der Waals surface area contributed by atoms with Crippen LogP contribution in [0.4, 0.5) is 0 Å². The largest absolute Gasteiger partial charge is 0.322 e. The van der Waals surface area contributed by atoms with Crippen molar-refractivity contribution in [1.82, 2.24) is 0 Å². The molecule has 0 spiro atoms. The van der Waals surface area contributed by atoms with Crippen molar-refractivity contribution in [1.29, 1.82) is 0 Å². The molecule has 0 atom stereocenters. The molecular weight excluding hydrogens is 350 g/mol. The minimum Gasteiger partial charge on any atom is -0.322 e. The number of nitrogens with two attached hydrogens (primary N) is 1. The lowest BCUT2D eigenvalue weighted by atomic mass is 9.70. The summed E-state index contributed by atoms with van der Waals surface area (Å²) in [4.78, 5) is 0. The van der Waals surface area contributed by atoms with E-state index in [4.69, 9.17) is 5.73 Å². The Bertz CT molecular complexity index is 833. The van der Waals surface area contributed by atoms with Gasteiger partial charge in [-0.2, -0.15) is 0 Å². The van der Waals surface area contributed by atoms with Gasteiger partial charge in [-0.25, -0.2) is 0 Å². The Labute approximate surface area is 178 Å². The molecule has 1 fully saturated rings. The van der Waals surface area contributed by atoms with Crippen molar-refractivity contribution in [3.63, 3.8) is 0 Å². The van der Waals surface area contributed by atoms with Crippen LogP contribution in [0.1, 0.15) is 93.0 Å². The van der Waals surface area contributed by atoms with E-state index in [1.54, 1.807) is 0 Å². The fourth-order valence-electron chi connectivity index (χ4n) is 5.15. The van der Waals surface area contributed by atoms with Crippen LogP contribution in [0.5, 0.6) is 0 Å². The van der Waals surface area contributed by atoms with E-state index in [-0.39, 0.29) is 11.0 Å². The molecule has 29 heavy (non-hydrogen) atoms. The van der Waals surface area contributed by atoms with E-state index in [2.05, 4.69) is 82.3 Å². The van der Waals surface area contributed by atoms with Crippen molar-refractivity contribution < 1.29 is 0 Å². The number of aryl methyl sites for hydroxylation is 2. The fourth-order valence-corrected chi connectivity index (χ4v) is 5.15. The highest BCUT2D eigenvalue weighted by atomic mass is 14.7. The van der Waals surface area contributed by atoms with Gasteiger partial charge < -0.3 is 5.73 Å². The number of rotatable bonds is 6. The molecule has 1 saturated carbocycles. The van der Waals surface area contributed by atoms with Gasteiger partial charge in [-0.15, -0.1) is 0 Å². The predicted octanol–water partition coefficient (Wildman–Crippen LogP) is 7.47. The summed E-state index contributed by atoms with van der Waals surface area (Å²) in [6.07, 6.45) is 14.2. The Morgan fingerprint density at radius 3 is 2.14 bits per heavy atom. The highest BCUT2D eigenvalue weighted by Gasteiger charge is 2.31. The van der Waals surface area contributed by atoms with Crippen molar-refractivity contribution in [3.05, 3.63) is 76.4 Å². The van der Waals surface area contributed by atoms with E-state index in [1.165, 1.54) is 53.5 Å². The minimum atomic E-state index is -0.125. The molecule has 156 valence electrons. The maximum atomic E-state index is 6.70. The van der Waals surface area contributed by atoms with E-state index in [1.807, 2.05) is 0 Å². The molecule has 1 aliphatic carbocycles. The van der Waals surface area contributed by atoms with E-state index >= 15 is 0 Å². The van der Waals surface area contributed by atoms with Crippen LogP contribution in [-0.2, 0) is 5.41 Å². The van der Waals surface area contributed by atoms with Crippen LogP contribution >= 0.6 is 0 Å². The average molecular weight is 390 g/mol. The van der Waals surface area contributed by atoms with Gasteiger partial charge in [-0.05, 0) is 61.8 Å². The molecule has 0 aromatic heterocycles. The number of benzene rings is 2. The van der Waals surface area contributed by atoms with Crippen LogP contribution < -0.4 is 5.73 Å². The zero-order valence-corrected chi connectivity index (χ0v) is 18.9. The van der Waals surface area contributed by atoms with Crippen LogP contribution in [0.15, 0.2) is 48.5 Å². The zero-order chi connectivity index (χ0) is 20.9. The van der Waals surface area contributed by atoms with Gasteiger partial charge in [0.25, 0.3) is 0 Å². The summed E-state index contributed by atoms with van der Waals surface area (Å²) >= 11 is 0. The molecule has 1 aliphatic rings. The summed E-state index contributed by atoms with van der Waals surface area (Å²) in [6.45, 7) is 9.07. The maximum absolute atomic E-state index is 6.70. The second kappa shape index (κ2) is 9.30. The second-order valence-corrected chi connectivity index (χ2v) is 9.21. The van der Waals surface area contributed by atoms with E-state index in [0.717, 1.165) is 25.7 Å². The number of hydrogen-bond acceptors (Lipinski definition) is 1. The van der Waals surface area contributed by atoms with Crippen LogP contribution in [-0.4, -0.2) is 5.54 Å². The van der Waals surface area contributed by atoms with Crippen LogP contribution in [0.2, 0.25) is 0 Å². The van der Waals surface area contributed by atoms with Gasteiger partial charge in [0.2, 0.25) is 0 Å². The Hall–Kier alpha value is -1.86. The van der Waals surface area contributed by atoms with Gasteiger partial charge >= 0.3 is 0 Å². The second-order valence-electron chi connectivity index (χ2n) is 9.21. The van der Waals surface area contributed by atoms with E-state index in [0.29, 0.717) is 0 Å². The topological polar surface area (TPSA) is 26.0 Å². The van der Waals surface area contributed by atoms with Crippen LogP contribution in [0.3, 0.4) is 0 Å². The van der Waals surface area contributed by atoms with Crippen molar-refractivity contribution in [2.45, 2.75) is 90.0 Å². The van der Waals surface area contributed by atoms with Gasteiger partial charge in [0.1, 0.15) is 0 Å². The van der Waals surface area contributed by atoms with Crippen LogP contribution in [0.25, 0.3) is 6.08 Å². The molecule has 0 saturated heterocycles. The first-order valence-corrected chi connectivity index (χ1v) is 11.6. The Morgan fingerprint density at radius 1 is 0.897 bits per heavy atom. The summed E-state index contributed by atoms with van der Waals surface area (Å²) in [6, 6.07) is 16.1. The maximum Gasteiger partial charge on any atom is 0.0342 e. The number of hydrogen-bond donors (Lipinski definition) is 1. The quantitative estimate of drug-likeness (QED) is 0.509. The smallest absolute Gasteiger partial charge is 0.0342 e. The molecule has 0 unspecified atom stereocenters. The van der Waals surface area contributed by atoms with E-state index in [9.17, 15) is 0 Å². The molecule has 1 heteroatoms. The molecule has 0 aliphatic heterocycles. The summed E-state index contributed by atoms with van der Waals surface area (Å²) in [7, 11) is 0. The SMILES string of the molecule is CCC(CC)(c1cccc(C)c1)c1ccc(/C=C/C2(N)CCCCCC2)c(C)c1. The molecule has 2 aromatic rings. The molecule has 0 bridgehead atoms.